The van der Waals surface area contributed by atoms with Gasteiger partial charge in [-0.1, -0.05) is 0 Å². The second kappa shape index (κ2) is 7.42. The molecule has 0 saturated heterocycles. The summed E-state index contributed by atoms with van der Waals surface area (Å²) in [6.45, 7) is 1.32. The number of rotatable bonds is 8. The molecule has 102 valence electrons. The highest BCUT2D eigenvalue weighted by Crippen LogP contribution is 2.07. The van der Waals surface area contributed by atoms with Gasteiger partial charge < -0.3 is 10.5 Å². The molecule has 0 fully saturated rings. The van der Waals surface area contributed by atoms with Gasteiger partial charge in [0.05, 0.1) is 5.69 Å². The predicted octanol–water partition coefficient (Wildman–Crippen LogP) is 0.245. The Hall–Kier alpha value is -1.02. The molecule has 6 nitrogen and oxygen atoms in total. The highest BCUT2D eigenvalue weighted by molar-refractivity contribution is 7.89. The Balaban J connectivity index is 2.51. The third kappa shape index (κ3) is 4.69. The monoisotopic (exact) mass is 273 g/mol. The molecule has 0 saturated carbocycles. The van der Waals surface area contributed by atoms with Crippen molar-refractivity contribution in [2.75, 3.05) is 20.3 Å². The van der Waals surface area contributed by atoms with E-state index in [0.717, 1.165) is 12.8 Å². The molecule has 0 aliphatic carbocycles. The molecule has 0 spiro atoms. The smallest absolute Gasteiger partial charge is 0.242 e. The number of hydrogen-bond donors (Lipinski definition) is 2. The van der Waals surface area contributed by atoms with Gasteiger partial charge in [0.1, 0.15) is 4.90 Å². The number of aromatic nitrogens is 1. The first-order valence-electron chi connectivity index (χ1n) is 5.74. The summed E-state index contributed by atoms with van der Waals surface area (Å²) in [5, 5.41) is 0. The van der Waals surface area contributed by atoms with Crippen LogP contribution in [0.1, 0.15) is 18.5 Å². The maximum atomic E-state index is 11.9. The molecule has 7 heteroatoms. The van der Waals surface area contributed by atoms with Gasteiger partial charge in [-0.3, -0.25) is 4.98 Å². The van der Waals surface area contributed by atoms with Gasteiger partial charge in [0.15, 0.2) is 0 Å². The highest BCUT2D eigenvalue weighted by atomic mass is 32.2. The molecule has 0 bridgehead atoms. The van der Waals surface area contributed by atoms with Crippen LogP contribution in [-0.2, 0) is 21.3 Å². The molecule has 1 rings (SSSR count). The van der Waals surface area contributed by atoms with Crippen molar-refractivity contribution in [3.8, 4) is 0 Å². The van der Waals surface area contributed by atoms with Crippen LogP contribution < -0.4 is 10.5 Å². The van der Waals surface area contributed by atoms with Crippen LogP contribution in [0.2, 0.25) is 0 Å². The molecular weight excluding hydrogens is 254 g/mol. The summed E-state index contributed by atoms with van der Waals surface area (Å²) in [7, 11) is -1.85. The molecule has 1 aromatic rings. The minimum absolute atomic E-state index is 0.159. The first kappa shape index (κ1) is 15.0. The number of nitrogens with two attached hydrogens (primary N) is 1. The molecule has 0 radical (unpaired) electrons. The van der Waals surface area contributed by atoms with E-state index >= 15 is 0 Å². The van der Waals surface area contributed by atoms with E-state index in [1.54, 1.807) is 13.2 Å². The number of hydrogen-bond acceptors (Lipinski definition) is 5. The zero-order chi connectivity index (χ0) is 13.4. The van der Waals surface area contributed by atoms with Crippen molar-refractivity contribution >= 4 is 10.0 Å². The van der Waals surface area contributed by atoms with E-state index in [0.29, 0.717) is 25.4 Å². The van der Waals surface area contributed by atoms with Crippen molar-refractivity contribution in [2.45, 2.75) is 24.3 Å². The lowest BCUT2D eigenvalue weighted by Gasteiger charge is -2.06. The molecule has 0 aromatic carbocycles. The van der Waals surface area contributed by atoms with E-state index in [2.05, 4.69) is 9.71 Å². The van der Waals surface area contributed by atoms with Crippen molar-refractivity contribution in [1.82, 2.24) is 9.71 Å². The molecule has 0 aliphatic heterocycles. The average molecular weight is 273 g/mol. The van der Waals surface area contributed by atoms with E-state index < -0.39 is 10.0 Å². The van der Waals surface area contributed by atoms with Crippen molar-refractivity contribution in [3.05, 3.63) is 24.0 Å². The van der Waals surface area contributed by atoms with Crippen LogP contribution in [0.4, 0.5) is 0 Å². The van der Waals surface area contributed by atoms with E-state index in [-0.39, 0.29) is 4.90 Å². The van der Waals surface area contributed by atoms with Gasteiger partial charge in [-0.15, -0.1) is 0 Å². The minimum Gasteiger partial charge on any atom is -0.385 e. The average Bonchev–Trinajstić information content (AvgIpc) is 2.38. The SMILES string of the molecule is COCCCCNS(=O)(=O)c1ccc(CN)nc1. The van der Waals surface area contributed by atoms with Gasteiger partial charge in [-0.2, -0.15) is 0 Å². The van der Waals surface area contributed by atoms with Crippen LogP contribution in [0.25, 0.3) is 0 Å². The first-order valence-corrected chi connectivity index (χ1v) is 7.22. The van der Waals surface area contributed by atoms with Crippen LogP contribution in [0.15, 0.2) is 23.2 Å². The number of nitrogens with zero attached hydrogens (tertiary/aromatic N) is 1. The number of ether oxygens (including phenoxy) is 1. The van der Waals surface area contributed by atoms with Crippen molar-refractivity contribution in [1.29, 1.82) is 0 Å². The van der Waals surface area contributed by atoms with Crippen molar-refractivity contribution < 1.29 is 13.2 Å². The van der Waals surface area contributed by atoms with E-state index in [9.17, 15) is 8.42 Å². The maximum Gasteiger partial charge on any atom is 0.242 e. The Morgan fingerprint density at radius 1 is 1.39 bits per heavy atom. The number of unbranched alkanes of at least 4 members (excludes halogenated alkanes) is 1. The van der Waals surface area contributed by atoms with Gasteiger partial charge in [-0.05, 0) is 25.0 Å². The fraction of sp³-hybridized carbons (Fsp3) is 0.545. The summed E-state index contributed by atoms with van der Waals surface area (Å²) in [6.07, 6.45) is 2.88. The van der Waals surface area contributed by atoms with Gasteiger partial charge in [-0.25, -0.2) is 13.1 Å². The second-order valence-electron chi connectivity index (χ2n) is 3.79. The van der Waals surface area contributed by atoms with Gasteiger partial charge in [0, 0.05) is 33.0 Å². The molecular formula is C11H19N3O3S. The van der Waals surface area contributed by atoms with E-state index in [1.807, 2.05) is 0 Å². The Morgan fingerprint density at radius 3 is 2.72 bits per heavy atom. The van der Waals surface area contributed by atoms with Gasteiger partial charge >= 0.3 is 0 Å². The summed E-state index contributed by atoms with van der Waals surface area (Å²) >= 11 is 0. The molecule has 1 aromatic heterocycles. The zero-order valence-corrected chi connectivity index (χ0v) is 11.2. The molecule has 0 atom stereocenters. The van der Waals surface area contributed by atoms with Crippen molar-refractivity contribution in [2.24, 2.45) is 5.73 Å². The van der Waals surface area contributed by atoms with E-state index in [1.165, 1.54) is 12.3 Å². The van der Waals surface area contributed by atoms with Gasteiger partial charge in [0.2, 0.25) is 10.0 Å². The summed E-state index contributed by atoms with van der Waals surface area (Å²) in [4.78, 5) is 4.12. The fourth-order valence-corrected chi connectivity index (χ4v) is 2.37. The Kier molecular flexibility index (Phi) is 6.20. The number of pyridine rings is 1. The molecule has 0 aliphatic rings. The van der Waals surface area contributed by atoms with Crippen LogP contribution in [0.5, 0.6) is 0 Å². The molecule has 0 unspecified atom stereocenters. The van der Waals surface area contributed by atoms with Gasteiger partial charge in [0.25, 0.3) is 0 Å². The Bertz CT molecular complexity index is 445. The quantitative estimate of drug-likeness (QED) is 0.662. The largest absolute Gasteiger partial charge is 0.385 e. The number of nitrogens with one attached hydrogen (secondary N) is 1. The van der Waals surface area contributed by atoms with Crippen LogP contribution in [0, 0.1) is 0 Å². The lowest BCUT2D eigenvalue weighted by molar-refractivity contribution is 0.193. The second-order valence-corrected chi connectivity index (χ2v) is 5.55. The standard InChI is InChI=1S/C11H19N3O3S/c1-17-7-3-2-6-14-18(15,16)11-5-4-10(8-12)13-9-11/h4-5,9,14H,2-3,6-8,12H2,1H3. The highest BCUT2D eigenvalue weighted by Gasteiger charge is 2.13. The third-order valence-electron chi connectivity index (χ3n) is 2.38. The Labute approximate surface area is 108 Å². The van der Waals surface area contributed by atoms with Crippen molar-refractivity contribution in [3.63, 3.8) is 0 Å². The maximum absolute atomic E-state index is 11.9. The lowest BCUT2D eigenvalue weighted by atomic mass is 10.3. The minimum atomic E-state index is -3.47. The molecule has 1 heterocycles. The molecule has 18 heavy (non-hydrogen) atoms. The number of sulfonamides is 1. The number of methoxy groups -OCH3 is 1. The Morgan fingerprint density at radius 2 is 2.17 bits per heavy atom. The summed E-state index contributed by atoms with van der Waals surface area (Å²) in [5.74, 6) is 0. The lowest BCUT2D eigenvalue weighted by Crippen LogP contribution is -2.25. The zero-order valence-electron chi connectivity index (χ0n) is 10.4. The van der Waals surface area contributed by atoms with Crippen LogP contribution >= 0.6 is 0 Å². The van der Waals surface area contributed by atoms with Crippen LogP contribution in [0.3, 0.4) is 0 Å². The third-order valence-corrected chi connectivity index (χ3v) is 3.83. The molecule has 0 amide bonds. The summed E-state index contributed by atoms with van der Waals surface area (Å²) < 4.78 is 31.1. The normalized spacial score (nSPS) is 11.7. The fourth-order valence-electron chi connectivity index (χ4n) is 1.35. The molecule has 3 N–H and O–H groups in total. The van der Waals surface area contributed by atoms with E-state index in [4.69, 9.17) is 10.5 Å². The predicted molar refractivity (Wildman–Crippen MR) is 68.4 cm³/mol. The summed E-state index contributed by atoms with van der Waals surface area (Å²) in [6, 6.07) is 3.12. The topological polar surface area (TPSA) is 94.3 Å². The first-order chi connectivity index (χ1) is 8.60. The van der Waals surface area contributed by atoms with Crippen LogP contribution in [-0.4, -0.2) is 33.7 Å². The summed E-state index contributed by atoms with van der Waals surface area (Å²) in [5.41, 5.74) is 6.06.